The lowest BCUT2D eigenvalue weighted by atomic mass is 10.0. The number of ether oxygens (including phenoxy) is 1. The quantitative estimate of drug-likeness (QED) is 0.537. The Labute approximate surface area is 197 Å². The molecular weight excluding hydrogens is 473 g/mol. The van der Waals surface area contributed by atoms with Gasteiger partial charge in [-0.05, 0) is 42.3 Å². The Morgan fingerprint density at radius 2 is 1.77 bits per heavy atom. The maximum absolute atomic E-state index is 14.0. The normalized spacial score (nSPS) is 19.8. The third-order valence-electron chi connectivity index (χ3n) is 6.02. The summed E-state index contributed by atoms with van der Waals surface area (Å²) >= 11 is 0. The molecule has 1 fully saturated rings. The molecule has 0 amide bonds. The molecule has 35 heavy (non-hydrogen) atoms. The number of hydrogen-bond acceptors (Lipinski definition) is 4. The van der Waals surface area contributed by atoms with Crippen molar-refractivity contribution >= 4 is 5.97 Å². The van der Waals surface area contributed by atoms with Crippen LogP contribution in [0.3, 0.4) is 0 Å². The van der Waals surface area contributed by atoms with Gasteiger partial charge in [0.05, 0.1) is 18.4 Å². The number of likely N-dealkylation sites (tertiary alicyclic amines) is 1. The molecule has 3 aromatic rings. The van der Waals surface area contributed by atoms with Crippen molar-refractivity contribution in [3.63, 3.8) is 0 Å². The first kappa shape index (κ1) is 24.8. The van der Waals surface area contributed by atoms with Gasteiger partial charge in [0.1, 0.15) is 29.7 Å². The van der Waals surface area contributed by atoms with E-state index in [4.69, 9.17) is 14.6 Å². The molecule has 3 heterocycles. The van der Waals surface area contributed by atoms with Crippen molar-refractivity contribution in [3.8, 4) is 11.3 Å². The van der Waals surface area contributed by atoms with Gasteiger partial charge in [-0.1, -0.05) is 18.2 Å². The smallest absolute Gasteiger partial charge is 0.475 e. The summed E-state index contributed by atoms with van der Waals surface area (Å²) < 4.78 is 67.4. The summed E-state index contributed by atoms with van der Waals surface area (Å²) in [6, 6.07) is 13.4. The Kier molecular flexibility index (Phi) is 6.91. The van der Waals surface area contributed by atoms with Gasteiger partial charge in [0.15, 0.2) is 0 Å². The Hall–Kier alpha value is -3.31. The molecule has 11 heteroatoms. The number of fused-ring (bicyclic) bond motifs is 1. The van der Waals surface area contributed by atoms with Crippen molar-refractivity contribution in [2.45, 2.75) is 37.9 Å². The second-order valence-electron chi connectivity index (χ2n) is 8.48. The number of aromatic nitrogens is 2. The molecule has 0 radical (unpaired) electrons. The van der Waals surface area contributed by atoms with E-state index in [9.17, 15) is 22.0 Å². The van der Waals surface area contributed by atoms with Crippen molar-refractivity contribution in [1.82, 2.24) is 14.5 Å². The zero-order valence-corrected chi connectivity index (χ0v) is 18.4. The van der Waals surface area contributed by atoms with E-state index in [1.165, 1.54) is 18.2 Å². The first-order chi connectivity index (χ1) is 16.6. The van der Waals surface area contributed by atoms with Gasteiger partial charge in [-0.2, -0.15) is 13.2 Å². The lowest BCUT2D eigenvalue weighted by molar-refractivity contribution is -0.192. The second-order valence-corrected chi connectivity index (χ2v) is 8.48. The number of imidazole rings is 1. The fourth-order valence-corrected chi connectivity index (χ4v) is 4.29. The number of rotatable bonds is 3. The monoisotopic (exact) mass is 495 g/mol. The highest BCUT2D eigenvalue weighted by atomic mass is 19.4. The fourth-order valence-electron chi connectivity index (χ4n) is 4.29. The molecule has 186 valence electrons. The molecule has 1 aromatic heterocycles. The number of alkyl halides is 3. The molecule has 0 saturated carbocycles. The number of carboxylic acids is 1. The molecule has 6 nitrogen and oxygen atoms in total. The van der Waals surface area contributed by atoms with Gasteiger partial charge in [-0.15, -0.1) is 0 Å². The van der Waals surface area contributed by atoms with Gasteiger partial charge >= 0.3 is 12.1 Å². The number of nitrogens with zero attached hydrogens (tertiary/aromatic N) is 3. The summed E-state index contributed by atoms with van der Waals surface area (Å²) in [7, 11) is 0. The largest absolute Gasteiger partial charge is 0.490 e. The van der Waals surface area contributed by atoms with Gasteiger partial charge in [-0.3, -0.25) is 4.90 Å². The van der Waals surface area contributed by atoms with Gasteiger partial charge < -0.3 is 14.4 Å². The van der Waals surface area contributed by atoms with Crippen LogP contribution in [0.5, 0.6) is 0 Å². The highest BCUT2D eigenvalue weighted by molar-refractivity contribution is 5.73. The minimum atomic E-state index is -5.08. The van der Waals surface area contributed by atoms with E-state index < -0.39 is 12.1 Å². The predicted octanol–water partition coefficient (Wildman–Crippen LogP) is 4.64. The van der Waals surface area contributed by atoms with Gasteiger partial charge in [0.2, 0.25) is 0 Å². The second kappa shape index (κ2) is 9.74. The molecule has 1 spiro atoms. The molecule has 1 saturated heterocycles. The van der Waals surface area contributed by atoms with Crippen molar-refractivity contribution in [3.05, 3.63) is 77.8 Å². The van der Waals surface area contributed by atoms with Gasteiger partial charge in [-0.25, -0.2) is 18.6 Å². The molecular formula is C24H22F5N3O3. The van der Waals surface area contributed by atoms with Crippen molar-refractivity contribution in [1.29, 1.82) is 0 Å². The Bertz CT molecular complexity index is 1200. The number of aliphatic carboxylic acids is 1. The van der Waals surface area contributed by atoms with Crippen LogP contribution in [0, 0.1) is 11.6 Å². The molecule has 0 bridgehead atoms. The maximum atomic E-state index is 14.0. The summed E-state index contributed by atoms with van der Waals surface area (Å²) in [5.41, 5.74) is 2.34. The highest BCUT2D eigenvalue weighted by Gasteiger charge is 2.43. The third kappa shape index (κ3) is 5.68. The molecule has 5 rings (SSSR count). The lowest BCUT2D eigenvalue weighted by Gasteiger charge is -2.35. The zero-order chi connectivity index (χ0) is 25.2. The van der Waals surface area contributed by atoms with E-state index in [2.05, 4.69) is 14.5 Å². The van der Waals surface area contributed by atoms with Gasteiger partial charge in [0, 0.05) is 25.2 Å². The van der Waals surface area contributed by atoms with E-state index in [0.717, 1.165) is 36.6 Å². The number of benzene rings is 2. The van der Waals surface area contributed by atoms with E-state index in [0.29, 0.717) is 25.3 Å². The Balaban J connectivity index is 0.000000364. The van der Waals surface area contributed by atoms with Crippen LogP contribution in [0.1, 0.15) is 17.8 Å². The highest BCUT2D eigenvalue weighted by Crippen LogP contribution is 2.35. The topological polar surface area (TPSA) is 67.6 Å². The Morgan fingerprint density at radius 3 is 2.43 bits per heavy atom. The average molecular weight is 495 g/mol. The summed E-state index contributed by atoms with van der Waals surface area (Å²) in [6.45, 7) is 3.35. The minimum Gasteiger partial charge on any atom is -0.475 e. The molecule has 1 unspecified atom stereocenters. The van der Waals surface area contributed by atoms with Crippen LogP contribution in [0.4, 0.5) is 22.0 Å². The number of carboxylic acid groups (broad SMARTS) is 1. The molecule has 2 aliphatic heterocycles. The van der Waals surface area contributed by atoms with Crippen LogP contribution in [0.25, 0.3) is 11.3 Å². The van der Waals surface area contributed by atoms with Crippen molar-refractivity contribution in [2.24, 2.45) is 0 Å². The van der Waals surface area contributed by atoms with Crippen LogP contribution in [-0.2, 0) is 29.2 Å². The first-order valence-electron chi connectivity index (χ1n) is 10.8. The van der Waals surface area contributed by atoms with E-state index in [-0.39, 0.29) is 17.2 Å². The molecule has 1 atom stereocenters. The van der Waals surface area contributed by atoms with Crippen LogP contribution >= 0.6 is 0 Å². The Morgan fingerprint density at radius 1 is 1.09 bits per heavy atom. The number of halogens is 5. The summed E-state index contributed by atoms with van der Waals surface area (Å²) in [6.07, 6.45) is -2.36. The van der Waals surface area contributed by atoms with Crippen LogP contribution in [-0.4, -0.2) is 50.4 Å². The molecule has 2 aromatic carbocycles. The standard InChI is InChI=1S/C22H21F2N3O.C2HF3O2/c23-18-7-5-16(6-8-18)20-11-25-21-13-28-22(15-27(20)21)9-10-26(14-22)12-17-3-1-2-4-19(17)24;3-2(4,5)1(6)7/h1-8,11H,9-10,12-15H2;(H,6,7). The SMILES string of the molecule is Fc1ccc(-c2cnc3n2CC2(CCN(Cc4ccccc4F)C2)OC3)cc1.O=C(O)C(F)(F)F. The van der Waals surface area contributed by atoms with E-state index >= 15 is 0 Å². The van der Waals surface area contributed by atoms with E-state index in [1.807, 2.05) is 18.3 Å². The lowest BCUT2D eigenvalue weighted by Crippen LogP contribution is -2.44. The summed E-state index contributed by atoms with van der Waals surface area (Å²) in [5.74, 6) is -2.28. The van der Waals surface area contributed by atoms with Crippen LogP contribution in [0.15, 0.2) is 54.7 Å². The molecule has 0 aliphatic carbocycles. The van der Waals surface area contributed by atoms with Crippen molar-refractivity contribution in [2.75, 3.05) is 13.1 Å². The number of hydrogen-bond donors (Lipinski definition) is 1. The van der Waals surface area contributed by atoms with Crippen LogP contribution < -0.4 is 0 Å². The molecule has 1 N–H and O–H groups in total. The molecule has 2 aliphatic rings. The van der Waals surface area contributed by atoms with Crippen molar-refractivity contribution < 1.29 is 36.6 Å². The summed E-state index contributed by atoms with van der Waals surface area (Å²) in [4.78, 5) is 15.6. The van der Waals surface area contributed by atoms with Crippen LogP contribution in [0.2, 0.25) is 0 Å². The zero-order valence-electron chi connectivity index (χ0n) is 18.4. The third-order valence-corrected chi connectivity index (χ3v) is 6.02. The number of carbonyl (C=O) groups is 1. The van der Waals surface area contributed by atoms with Gasteiger partial charge in [0.25, 0.3) is 0 Å². The minimum absolute atomic E-state index is 0.163. The maximum Gasteiger partial charge on any atom is 0.490 e. The predicted molar refractivity (Wildman–Crippen MR) is 115 cm³/mol. The summed E-state index contributed by atoms with van der Waals surface area (Å²) in [5, 5.41) is 7.12. The average Bonchev–Trinajstić information content (AvgIpc) is 3.40. The first-order valence-corrected chi connectivity index (χ1v) is 10.8. The van der Waals surface area contributed by atoms with E-state index in [1.54, 1.807) is 18.2 Å². The fraction of sp³-hybridized carbons (Fsp3) is 0.333.